The summed E-state index contributed by atoms with van der Waals surface area (Å²) in [5.41, 5.74) is 2.52. The summed E-state index contributed by atoms with van der Waals surface area (Å²) in [6.45, 7) is 3.33. The smallest absolute Gasteiger partial charge is 0.294 e. The number of benzene rings is 2. The van der Waals surface area contributed by atoms with Gasteiger partial charge in [-0.3, -0.25) is 9.59 Å². The number of aromatic nitrogens is 2. The van der Waals surface area contributed by atoms with E-state index < -0.39 is 0 Å². The molecule has 156 valence electrons. The quantitative estimate of drug-likeness (QED) is 0.649. The van der Waals surface area contributed by atoms with Gasteiger partial charge in [-0.1, -0.05) is 42.5 Å². The monoisotopic (exact) mass is 406 g/mol. The number of aryl methyl sites for hydroxylation is 1. The van der Waals surface area contributed by atoms with Crippen molar-refractivity contribution >= 4 is 22.8 Å². The predicted octanol–water partition coefficient (Wildman–Crippen LogP) is 1.98. The number of carbonyl (C=O) groups excluding carboxylic acids is 1. The van der Waals surface area contributed by atoms with E-state index in [9.17, 15) is 9.59 Å². The highest BCUT2D eigenvalue weighted by atomic mass is 16.5. The van der Waals surface area contributed by atoms with Gasteiger partial charge in [-0.25, -0.2) is 4.98 Å². The van der Waals surface area contributed by atoms with Crippen LogP contribution in [0.5, 0.6) is 0 Å². The summed E-state index contributed by atoms with van der Waals surface area (Å²) in [4.78, 5) is 32.1. The highest BCUT2D eigenvalue weighted by Crippen LogP contribution is 2.15. The number of morpholine rings is 1. The SMILES string of the molecule is O=C(CCn1c(=O)c(N2CCOCC2)nc2ccccc21)NCCc1ccccc1. The summed E-state index contributed by atoms with van der Waals surface area (Å²) >= 11 is 0. The van der Waals surface area contributed by atoms with Crippen LogP contribution in [0.25, 0.3) is 11.0 Å². The van der Waals surface area contributed by atoms with E-state index in [-0.39, 0.29) is 17.9 Å². The van der Waals surface area contributed by atoms with Gasteiger partial charge in [0.15, 0.2) is 5.82 Å². The number of fused-ring (bicyclic) bond motifs is 1. The van der Waals surface area contributed by atoms with E-state index in [1.807, 2.05) is 59.5 Å². The summed E-state index contributed by atoms with van der Waals surface area (Å²) in [7, 11) is 0. The predicted molar refractivity (Wildman–Crippen MR) is 117 cm³/mol. The zero-order valence-corrected chi connectivity index (χ0v) is 16.9. The number of hydrogen-bond donors (Lipinski definition) is 1. The third-order valence-corrected chi connectivity index (χ3v) is 5.29. The van der Waals surface area contributed by atoms with Gasteiger partial charge in [-0.15, -0.1) is 0 Å². The Morgan fingerprint density at radius 1 is 1.03 bits per heavy atom. The van der Waals surface area contributed by atoms with Gasteiger partial charge >= 0.3 is 0 Å². The molecule has 7 heteroatoms. The highest BCUT2D eigenvalue weighted by molar-refractivity contribution is 5.78. The Morgan fingerprint density at radius 2 is 1.77 bits per heavy atom. The lowest BCUT2D eigenvalue weighted by molar-refractivity contribution is -0.121. The molecule has 0 unspecified atom stereocenters. The summed E-state index contributed by atoms with van der Waals surface area (Å²) in [6, 6.07) is 17.6. The normalized spacial score (nSPS) is 14.1. The van der Waals surface area contributed by atoms with E-state index in [1.54, 1.807) is 4.57 Å². The number of anilines is 1. The van der Waals surface area contributed by atoms with E-state index in [1.165, 1.54) is 5.56 Å². The van der Waals surface area contributed by atoms with Crippen molar-refractivity contribution in [2.24, 2.45) is 0 Å². The number of nitrogens with zero attached hydrogens (tertiary/aromatic N) is 3. The minimum Gasteiger partial charge on any atom is -0.378 e. The molecule has 3 aromatic rings. The van der Waals surface area contributed by atoms with Crippen molar-refractivity contribution < 1.29 is 9.53 Å². The lowest BCUT2D eigenvalue weighted by Crippen LogP contribution is -2.41. The van der Waals surface area contributed by atoms with Crippen LogP contribution in [0.2, 0.25) is 0 Å². The first-order chi connectivity index (χ1) is 14.7. The number of amides is 1. The van der Waals surface area contributed by atoms with Crippen LogP contribution in [-0.4, -0.2) is 48.3 Å². The fourth-order valence-electron chi connectivity index (χ4n) is 3.67. The molecule has 2 heterocycles. The third kappa shape index (κ3) is 4.68. The third-order valence-electron chi connectivity index (χ3n) is 5.29. The lowest BCUT2D eigenvalue weighted by atomic mass is 10.1. The zero-order chi connectivity index (χ0) is 20.8. The molecule has 0 radical (unpaired) electrons. The summed E-state index contributed by atoms with van der Waals surface area (Å²) in [6.07, 6.45) is 1.02. The van der Waals surface area contributed by atoms with Crippen LogP contribution in [0.1, 0.15) is 12.0 Å². The van der Waals surface area contributed by atoms with Gasteiger partial charge in [0.1, 0.15) is 0 Å². The molecule has 4 rings (SSSR count). The van der Waals surface area contributed by atoms with Gasteiger partial charge in [0.25, 0.3) is 5.56 Å². The molecule has 7 nitrogen and oxygen atoms in total. The van der Waals surface area contributed by atoms with Gasteiger partial charge in [0.05, 0.1) is 24.2 Å². The maximum absolute atomic E-state index is 13.2. The van der Waals surface area contributed by atoms with Crippen LogP contribution >= 0.6 is 0 Å². The first-order valence-corrected chi connectivity index (χ1v) is 10.4. The standard InChI is InChI=1S/C23H26N4O3/c28-21(24-12-10-18-6-2-1-3-7-18)11-13-27-20-9-5-4-8-19(20)25-22(23(27)29)26-14-16-30-17-15-26/h1-9H,10-17H2,(H,24,28). The van der Waals surface area contributed by atoms with Crippen LogP contribution < -0.4 is 15.8 Å². The first kappa shape index (κ1) is 20.1. The highest BCUT2D eigenvalue weighted by Gasteiger charge is 2.19. The molecule has 1 fully saturated rings. The maximum atomic E-state index is 13.2. The minimum absolute atomic E-state index is 0.0633. The molecular weight excluding hydrogens is 380 g/mol. The van der Waals surface area contributed by atoms with Gasteiger partial charge in [0.2, 0.25) is 5.91 Å². The molecule has 2 aromatic carbocycles. The van der Waals surface area contributed by atoms with E-state index in [0.717, 1.165) is 17.5 Å². The van der Waals surface area contributed by atoms with Crippen molar-refractivity contribution in [3.05, 3.63) is 70.5 Å². The van der Waals surface area contributed by atoms with Crippen LogP contribution in [0.4, 0.5) is 5.82 Å². The van der Waals surface area contributed by atoms with Gasteiger partial charge in [-0.05, 0) is 24.1 Å². The molecule has 1 aliphatic rings. The summed E-state index contributed by atoms with van der Waals surface area (Å²) in [5, 5.41) is 2.95. The van der Waals surface area contributed by atoms with E-state index in [2.05, 4.69) is 10.3 Å². The van der Waals surface area contributed by atoms with Crippen molar-refractivity contribution in [3.63, 3.8) is 0 Å². The van der Waals surface area contributed by atoms with E-state index in [4.69, 9.17) is 4.74 Å². The number of para-hydroxylation sites is 2. The van der Waals surface area contributed by atoms with Crippen LogP contribution in [0.15, 0.2) is 59.4 Å². The number of rotatable bonds is 7. The molecule has 1 aliphatic heterocycles. The molecule has 0 spiro atoms. The first-order valence-electron chi connectivity index (χ1n) is 10.4. The van der Waals surface area contributed by atoms with E-state index >= 15 is 0 Å². The second kappa shape index (κ2) is 9.54. The topological polar surface area (TPSA) is 76.5 Å². The Bertz CT molecular complexity index is 1060. The molecule has 1 N–H and O–H groups in total. The Morgan fingerprint density at radius 3 is 2.57 bits per heavy atom. The number of hydrogen-bond acceptors (Lipinski definition) is 5. The van der Waals surface area contributed by atoms with Crippen molar-refractivity contribution in [3.8, 4) is 0 Å². The Balaban J connectivity index is 1.46. The van der Waals surface area contributed by atoms with Crippen molar-refractivity contribution in [1.82, 2.24) is 14.9 Å². The Hall–Kier alpha value is -3.19. The molecule has 1 aromatic heterocycles. The number of nitrogens with one attached hydrogen (secondary N) is 1. The molecule has 1 saturated heterocycles. The molecule has 0 atom stereocenters. The number of ether oxygens (including phenoxy) is 1. The molecule has 30 heavy (non-hydrogen) atoms. The van der Waals surface area contributed by atoms with Crippen molar-refractivity contribution in [2.45, 2.75) is 19.4 Å². The van der Waals surface area contributed by atoms with Crippen LogP contribution in [0.3, 0.4) is 0 Å². The second-order valence-electron chi connectivity index (χ2n) is 7.32. The van der Waals surface area contributed by atoms with Crippen LogP contribution in [-0.2, 0) is 22.5 Å². The van der Waals surface area contributed by atoms with Crippen molar-refractivity contribution in [2.75, 3.05) is 37.7 Å². The molecule has 0 bridgehead atoms. The Labute approximate surface area is 175 Å². The summed E-state index contributed by atoms with van der Waals surface area (Å²) in [5.74, 6) is 0.369. The average Bonchev–Trinajstić information content (AvgIpc) is 2.79. The van der Waals surface area contributed by atoms with Gasteiger partial charge < -0.3 is 19.5 Å². The maximum Gasteiger partial charge on any atom is 0.294 e. The molecule has 0 aliphatic carbocycles. The number of carbonyl (C=O) groups is 1. The van der Waals surface area contributed by atoms with Gasteiger partial charge in [0, 0.05) is 32.6 Å². The Kier molecular flexibility index (Phi) is 6.39. The fraction of sp³-hybridized carbons (Fsp3) is 0.348. The lowest BCUT2D eigenvalue weighted by Gasteiger charge is -2.28. The van der Waals surface area contributed by atoms with Crippen molar-refractivity contribution in [1.29, 1.82) is 0 Å². The average molecular weight is 406 g/mol. The summed E-state index contributed by atoms with van der Waals surface area (Å²) < 4.78 is 7.07. The zero-order valence-electron chi connectivity index (χ0n) is 16.9. The second-order valence-corrected chi connectivity index (χ2v) is 7.32. The fourth-order valence-corrected chi connectivity index (χ4v) is 3.67. The van der Waals surface area contributed by atoms with Gasteiger partial charge in [-0.2, -0.15) is 0 Å². The minimum atomic E-state index is -0.160. The molecule has 1 amide bonds. The molecule has 0 saturated carbocycles. The van der Waals surface area contributed by atoms with E-state index in [0.29, 0.717) is 45.2 Å². The van der Waals surface area contributed by atoms with Crippen LogP contribution in [0, 0.1) is 0 Å². The largest absolute Gasteiger partial charge is 0.378 e. The molecular formula is C23H26N4O3.